The van der Waals surface area contributed by atoms with Crippen LogP contribution in [0.5, 0.6) is 0 Å². The first-order valence-electron chi connectivity index (χ1n) is 9.60. The summed E-state index contributed by atoms with van der Waals surface area (Å²) in [6.45, 7) is 0. The van der Waals surface area contributed by atoms with Gasteiger partial charge < -0.3 is 0 Å². The van der Waals surface area contributed by atoms with E-state index in [2.05, 4.69) is 0 Å². The van der Waals surface area contributed by atoms with Crippen molar-refractivity contribution in [3.63, 3.8) is 0 Å². The number of benzene rings is 3. The molecule has 0 saturated heterocycles. The first-order valence-corrected chi connectivity index (χ1v) is 16.8. The van der Waals surface area contributed by atoms with Crippen LogP contribution in [0.25, 0.3) is 0 Å². The van der Waals surface area contributed by atoms with Crippen molar-refractivity contribution in [2.24, 2.45) is 5.73 Å². The van der Waals surface area contributed by atoms with Gasteiger partial charge in [0.1, 0.15) is 0 Å². The number of aliphatic hydroxyl groups is 1. The number of rotatable bonds is 8. The van der Waals surface area contributed by atoms with E-state index in [1.165, 1.54) is 6.26 Å². The molecule has 3 aromatic rings. The van der Waals surface area contributed by atoms with Gasteiger partial charge in [-0.25, -0.2) is 0 Å². The quantitative estimate of drug-likeness (QED) is 0.419. The molecule has 168 valence electrons. The van der Waals surface area contributed by atoms with Crippen molar-refractivity contribution in [2.75, 3.05) is 6.26 Å². The van der Waals surface area contributed by atoms with Crippen molar-refractivity contribution in [2.45, 2.75) is 17.2 Å². The van der Waals surface area contributed by atoms with E-state index in [4.69, 9.17) is 28.9 Å². The van der Waals surface area contributed by atoms with Gasteiger partial charge in [-0.3, -0.25) is 0 Å². The Morgan fingerprint density at radius 2 is 1.56 bits per heavy atom. The van der Waals surface area contributed by atoms with Crippen molar-refractivity contribution in [3.8, 4) is 0 Å². The Labute approximate surface area is 201 Å². The van der Waals surface area contributed by atoms with E-state index in [0.717, 1.165) is 0 Å². The zero-order chi connectivity index (χ0) is 23.5. The molecule has 32 heavy (non-hydrogen) atoms. The van der Waals surface area contributed by atoms with Crippen LogP contribution in [0.15, 0.2) is 72.8 Å². The molecule has 0 fully saturated rings. The third-order valence-electron chi connectivity index (χ3n) is 5.06. The summed E-state index contributed by atoms with van der Waals surface area (Å²) in [4.78, 5) is 11.7. The minimum atomic E-state index is -3.36. The van der Waals surface area contributed by atoms with Crippen molar-refractivity contribution in [1.29, 1.82) is 0 Å². The van der Waals surface area contributed by atoms with Gasteiger partial charge in [0.25, 0.3) is 0 Å². The summed E-state index contributed by atoms with van der Waals surface area (Å²) in [5.74, 6) is -0.653. The molecule has 0 aliphatic rings. The van der Waals surface area contributed by atoms with Crippen LogP contribution in [0.4, 0.5) is 0 Å². The van der Waals surface area contributed by atoms with Crippen LogP contribution in [0.3, 0.4) is 0 Å². The molecule has 9 heteroatoms. The molecule has 0 aromatic heterocycles. The summed E-state index contributed by atoms with van der Waals surface area (Å²) >= 11 is 9.73. The Kier molecular flexibility index (Phi) is 7.74. The number of carbonyl (C=O) groups excluding carboxylic acids is 1. The normalized spacial score (nSPS) is 14.5. The maximum atomic E-state index is 12.7. The Morgan fingerprint density at radius 3 is 2.12 bits per heavy atom. The Hall–Kier alpha value is -1.82. The number of nitrogens with two attached hydrogens (primary N) is 1. The summed E-state index contributed by atoms with van der Waals surface area (Å²) in [6.07, 6.45) is 0.925. The molecule has 0 heterocycles. The third kappa shape index (κ3) is 5.56. The number of primary amides is 1. The molecule has 0 spiro atoms. The van der Waals surface area contributed by atoms with E-state index in [1.807, 2.05) is 0 Å². The fraction of sp³-hybridized carbons (Fsp3) is 0.174. The summed E-state index contributed by atoms with van der Waals surface area (Å²) in [7, 11) is -3.36. The third-order valence-corrected chi connectivity index (χ3v) is 16.7. The molecule has 0 aliphatic carbocycles. The topological polar surface area (TPSA) is 97.5 Å². The molecule has 0 aliphatic heterocycles. The summed E-state index contributed by atoms with van der Waals surface area (Å²) < 4.78 is 26.0. The van der Waals surface area contributed by atoms with E-state index >= 15 is 0 Å². The van der Waals surface area contributed by atoms with Crippen LogP contribution < -0.4 is 10.1 Å². The van der Waals surface area contributed by atoms with Crippen molar-refractivity contribution in [3.05, 3.63) is 99.5 Å². The van der Waals surface area contributed by atoms with Gasteiger partial charge in [-0.1, -0.05) is 0 Å². The van der Waals surface area contributed by atoms with Crippen molar-refractivity contribution in [1.82, 2.24) is 0 Å². The fourth-order valence-electron chi connectivity index (χ4n) is 3.47. The number of carbonyl (C=O) groups is 1. The molecule has 3 N–H and O–H groups in total. The summed E-state index contributed by atoms with van der Waals surface area (Å²) in [6, 6.07) is 20.6. The second kappa shape index (κ2) is 9.98. The molecular formula is C23H22AsCl2NO4S. The first kappa shape index (κ1) is 24.8. The SMILES string of the molecule is CS(=O)(=O)[As](Cc1cccc(Cl)c1Cl)c1ccc(C(O)(CC(N)=O)c2ccccc2)cc1. The van der Waals surface area contributed by atoms with Gasteiger partial charge in [-0.2, -0.15) is 0 Å². The zero-order valence-corrected chi connectivity index (χ0v) is 21.4. The predicted molar refractivity (Wildman–Crippen MR) is 130 cm³/mol. The van der Waals surface area contributed by atoms with Crippen LogP contribution in [-0.4, -0.2) is 39.2 Å². The van der Waals surface area contributed by atoms with E-state index in [0.29, 0.717) is 31.1 Å². The van der Waals surface area contributed by atoms with Gasteiger partial charge in [0.2, 0.25) is 0 Å². The summed E-state index contributed by atoms with van der Waals surface area (Å²) in [5, 5.41) is 12.4. The zero-order valence-electron chi connectivity index (χ0n) is 17.2. The Morgan fingerprint density at radius 1 is 0.969 bits per heavy atom. The minimum absolute atomic E-state index is 0.287. The molecule has 5 nitrogen and oxygen atoms in total. The molecule has 0 radical (unpaired) electrons. The maximum absolute atomic E-state index is 12.7. The van der Waals surface area contributed by atoms with Crippen LogP contribution in [0.1, 0.15) is 23.1 Å². The number of hydrogen-bond donors (Lipinski definition) is 2. The second-order valence-electron chi connectivity index (χ2n) is 7.40. The van der Waals surface area contributed by atoms with Crippen molar-refractivity contribution < 1.29 is 18.3 Å². The molecule has 0 saturated carbocycles. The Balaban J connectivity index is 2.01. The van der Waals surface area contributed by atoms with Crippen LogP contribution >= 0.6 is 23.2 Å². The molecule has 3 aromatic carbocycles. The fourth-order valence-corrected chi connectivity index (χ4v) is 12.5. The van der Waals surface area contributed by atoms with Gasteiger partial charge in [-0.05, 0) is 0 Å². The second-order valence-corrected chi connectivity index (χ2v) is 19.5. The van der Waals surface area contributed by atoms with Gasteiger partial charge in [0, 0.05) is 0 Å². The first-order chi connectivity index (χ1) is 15.0. The van der Waals surface area contributed by atoms with Crippen molar-refractivity contribution >= 4 is 55.1 Å². The van der Waals surface area contributed by atoms with Crippen LogP contribution in [0.2, 0.25) is 10.0 Å². The van der Waals surface area contributed by atoms with Crippen LogP contribution in [0, 0.1) is 0 Å². The van der Waals surface area contributed by atoms with E-state index in [1.54, 1.807) is 72.8 Å². The van der Waals surface area contributed by atoms with Gasteiger partial charge >= 0.3 is 202 Å². The molecule has 0 bridgehead atoms. The standard InChI is InChI=1S/C23H22AsCl2NO4S/c1-32(30,31)24(15-16-6-5-9-20(25)22(16)26)19-12-10-18(11-13-19)23(29,14-21(27)28)17-7-3-2-4-8-17/h2-13,29H,14-15H2,1H3,(H2,27,28). The number of hydrogen-bond acceptors (Lipinski definition) is 4. The van der Waals surface area contributed by atoms with E-state index < -0.39 is 33.1 Å². The molecular weight excluding hydrogens is 532 g/mol. The Bertz CT molecular complexity index is 1220. The average Bonchev–Trinajstić information content (AvgIpc) is 2.74. The van der Waals surface area contributed by atoms with E-state index in [-0.39, 0.29) is 11.6 Å². The van der Waals surface area contributed by atoms with Gasteiger partial charge in [0.15, 0.2) is 0 Å². The predicted octanol–water partition coefficient (Wildman–Crippen LogP) is 3.13. The van der Waals surface area contributed by atoms with Gasteiger partial charge in [0.05, 0.1) is 0 Å². The molecule has 2 atom stereocenters. The number of amides is 1. The summed E-state index contributed by atoms with van der Waals surface area (Å²) in [5.41, 5.74) is 5.45. The number of halogens is 2. The average molecular weight is 554 g/mol. The van der Waals surface area contributed by atoms with Gasteiger partial charge in [-0.15, -0.1) is 0 Å². The molecule has 3 rings (SSSR count). The van der Waals surface area contributed by atoms with E-state index in [9.17, 15) is 18.3 Å². The van der Waals surface area contributed by atoms with Crippen LogP contribution in [-0.2, 0) is 23.7 Å². The monoisotopic (exact) mass is 553 g/mol. The molecule has 2 unspecified atom stereocenters. The molecule has 1 amide bonds.